The third-order valence-corrected chi connectivity index (χ3v) is 5.55. The van der Waals surface area contributed by atoms with Crippen molar-refractivity contribution in [2.24, 2.45) is 5.92 Å². The van der Waals surface area contributed by atoms with Gasteiger partial charge >= 0.3 is 0 Å². The van der Waals surface area contributed by atoms with Gasteiger partial charge in [0.15, 0.2) is 0 Å². The summed E-state index contributed by atoms with van der Waals surface area (Å²) in [6, 6.07) is 11.0. The normalized spacial score (nSPS) is 12.3. The summed E-state index contributed by atoms with van der Waals surface area (Å²) in [4.78, 5) is 12.5. The van der Waals surface area contributed by atoms with E-state index in [0.717, 1.165) is 0 Å². The van der Waals surface area contributed by atoms with Gasteiger partial charge in [0.25, 0.3) is 15.9 Å². The number of sulfonamides is 1. The summed E-state index contributed by atoms with van der Waals surface area (Å²) in [6.45, 7) is 4.68. The van der Waals surface area contributed by atoms with Gasteiger partial charge < -0.3 is 14.8 Å². The minimum absolute atomic E-state index is 0.0176. The Kier molecular flexibility index (Phi) is 7.42. The SMILES string of the molecule is COCC(C)CNC(=O)c1cc(S(=O)(=O)Nc2ccc(OC)cc2)ccc1C. The Morgan fingerprint density at radius 2 is 1.79 bits per heavy atom. The highest BCUT2D eigenvalue weighted by Gasteiger charge is 2.18. The van der Waals surface area contributed by atoms with Crippen LogP contribution in [0.5, 0.6) is 5.75 Å². The second kappa shape index (κ2) is 9.57. The summed E-state index contributed by atoms with van der Waals surface area (Å²) in [5, 5.41) is 2.82. The molecule has 0 aliphatic heterocycles. The van der Waals surface area contributed by atoms with E-state index in [0.29, 0.717) is 35.7 Å². The molecule has 0 aliphatic carbocycles. The van der Waals surface area contributed by atoms with Crippen LogP contribution in [0.4, 0.5) is 5.69 Å². The number of carbonyl (C=O) groups is 1. The van der Waals surface area contributed by atoms with E-state index in [4.69, 9.17) is 9.47 Å². The largest absolute Gasteiger partial charge is 0.497 e. The molecule has 0 saturated carbocycles. The minimum Gasteiger partial charge on any atom is -0.497 e. The fourth-order valence-corrected chi connectivity index (χ4v) is 3.68. The van der Waals surface area contributed by atoms with E-state index in [1.54, 1.807) is 44.4 Å². The van der Waals surface area contributed by atoms with Gasteiger partial charge in [0.1, 0.15) is 5.75 Å². The third kappa shape index (κ3) is 5.71. The topological polar surface area (TPSA) is 93.7 Å². The molecule has 2 aromatic carbocycles. The zero-order chi connectivity index (χ0) is 20.7. The van der Waals surface area contributed by atoms with Gasteiger partial charge in [-0.3, -0.25) is 9.52 Å². The van der Waals surface area contributed by atoms with Crippen molar-refractivity contribution in [3.05, 3.63) is 53.6 Å². The van der Waals surface area contributed by atoms with Crippen LogP contribution in [0.1, 0.15) is 22.8 Å². The molecule has 2 aromatic rings. The molecule has 2 rings (SSSR count). The Bertz CT molecular complexity index is 911. The molecule has 0 saturated heterocycles. The van der Waals surface area contributed by atoms with Crippen LogP contribution in [0.25, 0.3) is 0 Å². The van der Waals surface area contributed by atoms with Gasteiger partial charge in [-0.2, -0.15) is 0 Å². The van der Waals surface area contributed by atoms with E-state index < -0.39 is 10.0 Å². The Hall–Kier alpha value is -2.58. The number of amides is 1. The van der Waals surface area contributed by atoms with Crippen molar-refractivity contribution in [1.82, 2.24) is 5.32 Å². The summed E-state index contributed by atoms with van der Waals surface area (Å²) < 4.78 is 38.0. The number of nitrogens with one attached hydrogen (secondary N) is 2. The van der Waals surface area contributed by atoms with Crippen molar-refractivity contribution in [3.8, 4) is 5.75 Å². The van der Waals surface area contributed by atoms with E-state index in [-0.39, 0.29) is 16.7 Å². The maximum atomic E-state index is 12.7. The summed E-state index contributed by atoms with van der Waals surface area (Å²) in [5.74, 6) is 0.458. The van der Waals surface area contributed by atoms with Crippen molar-refractivity contribution < 1.29 is 22.7 Å². The molecule has 0 aliphatic rings. The Labute approximate surface area is 166 Å². The number of hydrogen-bond donors (Lipinski definition) is 2. The van der Waals surface area contributed by atoms with Gasteiger partial charge in [-0.1, -0.05) is 13.0 Å². The number of ether oxygens (including phenoxy) is 2. The molecule has 0 bridgehead atoms. The van der Waals surface area contributed by atoms with Crippen LogP contribution in [0.2, 0.25) is 0 Å². The van der Waals surface area contributed by atoms with Crippen molar-refractivity contribution in [1.29, 1.82) is 0 Å². The van der Waals surface area contributed by atoms with Crippen LogP contribution in [0, 0.1) is 12.8 Å². The van der Waals surface area contributed by atoms with Crippen LogP contribution in [0.3, 0.4) is 0 Å². The Morgan fingerprint density at radius 3 is 2.39 bits per heavy atom. The van der Waals surface area contributed by atoms with Crippen LogP contribution in [-0.4, -0.2) is 41.7 Å². The monoisotopic (exact) mass is 406 g/mol. The highest BCUT2D eigenvalue weighted by molar-refractivity contribution is 7.92. The van der Waals surface area contributed by atoms with Crippen LogP contribution in [-0.2, 0) is 14.8 Å². The highest BCUT2D eigenvalue weighted by Crippen LogP contribution is 2.21. The van der Waals surface area contributed by atoms with E-state index in [2.05, 4.69) is 10.0 Å². The highest BCUT2D eigenvalue weighted by atomic mass is 32.2. The van der Waals surface area contributed by atoms with Crippen LogP contribution < -0.4 is 14.8 Å². The molecule has 0 fully saturated rings. The molecular formula is C20H26N2O5S. The quantitative estimate of drug-likeness (QED) is 0.668. The Morgan fingerprint density at radius 1 is 1.11 bits per heavy atom. The first-order valence-corrected chi connectivity index (χ1v) is 10.3. The lowest BCUT2D eigenvalue weighted by Crippen LogP contribution is -2.30. The molecule has 1 unspecified atom stereocenters. The summed E-state index contributed by atoms with van der Waals surface area (Å²) in [6.07, 6.45) is 0. The van der Waals surface area contributed by atoms with Crippen LogP contribution in [0.15, 0.2) is 47.4 Å². The van der Waals surface area contributed by atoms with E-state index in [1.165, 1.54) is 19.2 Å². The van der Waals surface area contributed by atoms with E-state index in [1.807, 2.05) is 6.92 Å². The summed E-state index contributed by atoms with van der Waals surface area (Å²) in [7, 11) is -0.697. The molecule has 28 heavy (non-hydrogen) atoms. The lowest BCUT2D eigenvalue weighted by molar-refractivity contribution is 0.0933. The van der Waals surface area contributed by atoms with E-state index >= 15 is 0 Å². The number of anilines is 1. The smallest absolute Gasteiger partial charge is 0.261 e. The minimum atomic E-state index is -3.84. The van der Waals surface area contributed by atoms with Gasteiger partial charge in [0.05, 0.1) is 18.6 Å². The van der Waals surface area contributed by atoms with Crippen molar-refractivity contribution in [2.75, 3.05) is 32.1 Å². The summed E-state index contributed by atoms with van der Waals surface area (Å²) in [5.41, 5.74) is 1.42. The molecule has 0 heterocycles. The van der Waals surface area contributed by atoms with Gasteiger partial charge in [0, 0.05) is 24.9 Å². The van der Waals surface area contributed by atoms with Crippen molar-refractivity contribution >= 4 is 21.6 Å². The summed E-state index contributed by atoms with van der Waals surface area (Å²) >= 11 is 0. The van der Waals surface area contributed by atoms with Crippen LogP contribution >= 0.6 is 0 Å². The standard InChI is InChI=1S/C20H26N2O5S/c1-14(13-26-3)12-21-20(23)19-11-18(10-5-15(19)2)28(24,25)22-16-6-8-17(27-4)9-7-16/h5-11,14,22H,12-13H2,1-4H3,(H,21,23). The zero-order valence-electron chi connectivity index (χ0n) is 16.5. The second-order valence-corrected chi connectivity index (χ2v) is 8.26. The fraction of sp³-hybridized carbons (Fsp3) is 0.350. The average molecular weight is 407 g/mol. The molecule has 1 amide bonds. The molecule has 0 spiro atoms. The molecule has 0 aromatic heterocycles. The lowest BCUT2D eigenvalue weighted by atomic mass is 10.1. The second-order valence-electron chi connectivity index (χ2n) is 6.58. The number of carbonyl (C=O) groups excluding carboxylic acids is 1. The molecule has 7 nitrogen and oxygen atoms in total. The van der Waals surface area contributed by atoms with Gasteiger partial charge in [0.2, 0.25) is 0 Å². The molecule has 1 atom stereocenters. The van der Waals surface area contributed by atoms with Gasteiger partial charge in [-0.25, -0.2) is 8.42 Å². The maximum absolute atomic E-state index is 12.7. The number of methoxy groups -OCH3 is 2. The molecule has 0 radical (unpaired) electrons. The number of hydrogen-bond acceptors (Lipinski definition) is 5. The first kappa shape index (κ1) is 21.7. The maximum Gasteiger partial charge on any atom is 0.261 e. The first-order valence-electron chi connectivity index (χ1n) is 8.81. The van der Waals surface area contributed by atoms with Crippen molar-refractivity contribution in [3.63, 3.8) is 0 Å². The third-order valence-electron chi connectivity index (χ3n) is 4.17. The number of rotatable bonds is 9. The van der Waals surface area contributed by atoms with E-state index in [9.17, 15) is 13.2 Å². The number of benzene rings is 2. The first-order chi connectivity index (χ1) is 13.3. The molecule has 2 N–H and O–H groups in total. The predicted molar refractivity (Wildman–Crippen MR) is 108 cm³/mol. The molecule has 152 valence electrons. The molecule has 8 heteroatoms. The molecular weight excluding hydrogens is 380 g/mol. The van der Waals surface area contributed by atoms with Crippen molar-refractivity contribution in [2.45, 2.75) is 18.7 Å². The Balaban J connectivity index is 2.18. The fourth-order valence-electron chi connectivity index (χ4n) is 2.59. The average Bonchev–Trinajstić information content (AvgIpc) is 2.67. The zero-order valence-corrected chi connectivity index (χ0v) is 17.3. The lowest BCUT2D eigenvalue weighted by Gasteiger charge is -2.14. The number of aryl methyl sites for hydroxylation is 1. The van der Waals surface area contributed by atoms with Gasteiger partial charge in [-0.05, 0) is 54.8 Å². The van der Waals surface area contributed by atoms with Gasteiger partial charge in [-0.15, -0.1) is 0 Å². The predicted octanol–water partition coefficient (Wildman–Crippen LogP) is 2.82.